The maximum Gasteiger partial charge on any atom is 0.0962 e. The summed E-state index contributed by atoms with van der Waals surface area (Å²) in [6.45, 7) is 0. The number of aromatic nitrogens is 1. The molecule has 2 aromatic rings. The van der Waals surface area contributed by atoms with Crippen LogP contribution in [0.1, 0.15) is 10.6 Å². The third-order valence-corrected chi connectivity index (χ3v) is 2.69. The maximum absolute atomic E-state index is 4.21. The minimum atomic E-state index is 0.923. The highest BCUT2D eigenvalue weighted by molar-refractivity contribution is 7.09. The molecule has 0 fully saturated rings. The standard InChI is InChI=1S/C12H11NS/c1-2-5-11(6-3-1)7-4-8-12-13-9-10-14-12/h1-7,9-10H,8H2. The predicted octanol–water partition coefficient (Wildman–Crippen LogP) is 3.40. The average Bonchev–Trinajstić information content (AvgIpc) is 2.72. The molecule has 0 spiro atoms. The van der Waals surface area contributed by atoms with Crippen LogP contribution in [0.25, 0.3) is 6.08 Å². The van der Waals surface area contributed by atoms with Crippen molar-refractivity contribution in [3.8, 4) is 0 Å². The van der Waals surface area contributed by atoms with Gasteiger partial charge in [0.2, 0.25) is 0 Å². The zero-order valence-electron chi connectivity index (χ0n) is 7.76. The van der Waals surface area contributed by atoms with Crippen LogP contribution in [0.4, 0.5) is 0 Å². The molecule has 0 saturated carbocycles. The van der Waals surface area contributed by atoms with Crippen molar-refractivity contribution in [3.05, 3.63) is 58.6 Å². The SMILES string of the molecule is C(=Cc1ccccc1)Cc1nccs1. The fourth-order valence-electron chi connectivity index (χ4n) is 1.21. The summed E-state index contributed by atoms with van der Waals surface area (Å²) in [6, 6.07) is 10.3. The van der Waals surface area contributed by atoms with Gasteiger partial charge in [0.25, 0.3) is 0 Å². The highest BCUT2D eigenvalue weighted by Crippen LogP contribution is 2.07. The second-order valence-electron chi connectivity index (χ2n) is 2.94. The van der Waals surface area contributed by atoms with Crippen molar-refractivity contribution in [3.63, 3.8) is 0 Å². The van der Waals surface area contributed by atoms with Crippen LogP contribution < -0.4 is 0 Å². The van der Waals surface area contributed by atoms with E-state index in [1.807, 2.05) is 29.8 Å². The number of rotatable bonds is 3. The smallest absolute Gasteiger partial charge is 0.0962 e. The highest BCUT2D eigenvalue weighted by Gasteiger charge is 1.89. The third kappa shape index (κ3) is 2.54. The first-order chi connectivity index (χ1) is 6.95. The Labute approximate surface area is 87.8 Å². The summed E-state index contributed by atoms with van der Waals surface area (Å²) in [4.78, 5) is 4.21. The summed E-state index contributed by atoms with van der Waals surface area (Å²) in [6.07, 6.45) is 7.04. The zero-order valence-corrected chi connectivity index (χ0v) is 8.58. The molecule has 1 aromatic carbocycles. The van der Waals surface area contributed by atoms with E-state index in [9.17, 15) is 0 Å². The van der Waals surface area contributed by atoms with Crippen molar-refractivity contribution in [1.82, 2.24) is 4.98 Å². The van der Waals surface area contributed by atoms with Crippen LogP contribution in [-0.4, -0.2) is 4.98 Å². The lowest BCUT2D eigenvalue weighted by Gasteiger charge is -1.90. The van der Waals surface area contributed by atoms with Crippen molar-refractivity contribution in [2.24, 2.45) is 0 Å². The van der Waals surface area contributed by atoms with Gasteiger partial charge in [-0.15, -0.1) is 11.3 Å². The maximum atomic E-state index is 4.21. The van der Waals surface area contributed by atoms with Crippen LogP contribution in [0.5, 0.6) is 0 Å². The first kappa shape index (κ1) is 9.16. The number of nitrogens with zero attached hydrogens (tertiary/aromatic N) is 1. The Balaban J connectivity index is 1.96. The highest BCUT2D eigenvalue weighted by atomic mass is 32.1. The van der Waals surface area contributed by atoms with Gasteiger partial charge in [-0.05, 0) is 5.56 Å². The molecule has 14 heavy (non-hydrogen) atoms. The Hall–Kier alpha value is -1.41. The molecule has 1 nitrogen and oxygen atoms in total. The molecule has 0 unspecified atom stereocenters. The lowest BCUT2D eigenvalue weighted by atomic mass is 10.2. The number of hydrogen-bond acceptors (Lipinski definition) is 2. The molecular formula is C12H11NS. The molecule has 0 atom stereocenters. The Morgan fingerprint density at radius 3 is 2.79 bits per heavy atom. The predicted molar refractivity (Wildman–Crippen MR) is 61.3 cm³/mol. The van der Waals surface area contributed by atoms with Gasteiger partial charge in [0.1, 0.15) is 0 Å². The fourth-order valence-corrected chi connectivity index (χ4v) is 1.81. The number of allylic oxidation sites excluding steroid dienone is 1. The summed E-state index contributed by atoms with van der Waals surface area (Å²) in [5.74, 6) is 0. The molecule has 2 heteroatoms. The normalized spacial score (nSPS) is 10.9. The molecule has 2 rings (SSSR count). The van der Waals surface area contributed by atoms with Crippen LogP contribution in [0.3, 0.4) is 0 Å². The van der Waals surface area contributed by atoms with Crippen LogP contribution in [-0.2, 0) is 6.42 Å². The topological polar surface area (TPSA) is 12.9 Å². The van der Waals surface area contributed by atoms with Crippen molar-refractivity contribution < 1.29 is 0 Å². The number of thiazole rings is 1. The van der Waals surface area contributed by atoms with E-state index in [4.69, 9.17) is 0 Å². The van der Waals surface area contributed by atoms with E-state index in [1.54, 1.807) is 11.3 Å². The molecule has 0 saturated heterocycles. The van der Waals surface area contributed by atoms with Gasteiger partial charge in [0.05, 0.1) is 5.01 Å². The third-order valence-electron chi connectivity index (χ3n) is 1.89. The molecular weight excluding hydrogens is 190 g/mol. The fraction of sp³-hybridized carbons (Fsp3) is 0.0833. The Morgan fingerprint density at radius 2 is 2.07 bits per heavy atom. The van der Waals surface area contributed by atoms with Gasteiger partial charge in [-0.25, -0.2) is 4.98 Å². The van der Waals surface area contributed by atoms with E-state index in [0.29, 0.717) is 0 Å². The number of benzene rings is 1. The molecule has 0 radical (unpaired) electrons. The van der Waals surface area contributed by atoms with E-state index in [-0.39, 0.29) is 0 Å². The summed E-state index contributed by atoms with van der Waals surface area (Å²) in [5, 5.41) is 3.17. The van der Waals surface area contributed by atoms with Gasteiger partial charge >= 0.3 is 0 Å². The van der Waals surface area contributed by atoms with Gasteiger partial charge in [-0.1, -0.05) is 42.5 Å². The lowest BCUT2D eigenvalue weighted by Crippen LogP contribution is -1.76. The van der Waals surface area contributed by atoms with Gasteiger partial charge in [0.15, 0.2) is 0 Å². The Bertz CT molecular complexity index is 390. The van der Waals surface area contributed by atoms with Crippen molar-refractivity contribution in [2.75, 3.05) is 0 Å². The van der Waals surface area contributed by atoms with E-state index < -0.39 is 0 Å². The van der Waals surface area contributed by atoms with E-state index >= 15 is 0 Å². The van der Waals surface area contributed by atoms with Crippen LogP contribution in [0.15, 0.2) is 48.0 Å². The molecule has 0 aliphatic rings. The average molecular weight is 201 g/mol. The molecule has 0 amide bonds. The summed E-state index contributed by atoms with van der Waals surface area (Å²) in [5.41, 5.74) is 1.24. The van der Waals surface area contributed by atoms with Crippen LogP contribution in [0, 0.1) is 0 Å². The minimum absolute atomic E-state index is 0.923. The van der Waals surface area contributed by atoms with Gasteiger partial charge in [-0.2, -0.15) is 0 Å². The molecule has 0 aliphatic carbocycles. The second-order valence-corrected chi connectivity index (χ2v) is 3.92. The molecule has 0 aliphatic heterocycles. The molecule has 1 heterocycles. The van der Waals surface area contributed by atoms with Gasteiger partial charge in [-0.3, -0.25) is 0 Å². The molecule has 1 aromatic heterocycles. The van der Waals surface area contributed by atoms with Crippen molar-refractivity contribution >= 4 is 17.4 Å². The van der Waals surface area contributed by atoms with Crippen molar-refractivity contribution in [1.29, 1.82) is 0 Å². The second kappa shape index (κ2) is 4.72. The monoisotopic (exact) mass is 201 g/mol. The largest absolute Gasteiger partial charge is 0.249 e. The zero-order chi connectivity index (χ0) is 9.64. The molecule has 0 bridgehead atoms. The summed E-state index contributed by atoms with van der Waals surface area (Å²) in [7, 11) is 0. The number of hydrogen-bond donors (Lipinski definition) is 0. The first-order valence-electron chi connectivity index (χ1n) is 4.55. The lowest BCUT2D eigenvalue weighted by molar-refractivity contribution is 1.19. The van der Waals surface area contributed by atoms with Crippen LogP contribution >= 0.6 is 11.3 Å². The quantitative estimate of drug-likeness (QED) is 0.741. The minimum Gasteiger partial charge on any atom is -0.249 e. The van der Waals surface area contributed by atoms with E-state index in [2.05, 4.69) is 29.3 Å². The van der Waals surface area contributed by atoms with E-state index in [0.717, 1.165) is 11.4 Å². The molecule has 0 N–H and O–H groups in total. The summed E-state index contributed by atoms with van der Waals surface area (Å²) < 4.78 is 0. The summed E-state index contributed by atoms with van der Waals surface area (Å²) >= 11 is 1.70. The molecule has 70 valence electrons. The van der Waals surface area contributed by atoms with Gasteiger partial charge < -0.3 is 0 Å². The Morgan fingerprint density at radius 1 is 1.21 bits per heavy atom. The van der Waals surface area contributed by atoms with Crippen molar-refractivity contribution in [2.45, 2.75) is 6.42 Å². The van der Waals surface area contributed by atoms with Crippen LogP contribution in [0.2, 0.25) is 0 Å². The van der Waals surface area contributed by atoms with E-state index in [1.165, 1.54) is 5.56 Å². The first-order valence-corrected chi connectivity index (χ1v) is 5.43. The Kier molecular flexibility index (Phi) is 3.09. The van der Waals surface area contributed by atoms with Gasteiger partial charge in [0, 0.05) is 18.0 Å².